The summed E-state index contributed by atoms with van der Waals surface area (Å²) in [6.45, 7) is 7.48. The van der Waals surface area contributed by atoms with E-state index in [2.05, 4.69) is 10.3 Å². The van der Waals surface area contributed by atoms with Gasteiger partial charge in [0.2, 0.25) is 5.91 Å². The molecule has 40 heavy (non-hydrogen) atoms. The first-order valence-corrected chi connectivity index (χ1v) is 13.6. The number of carbonyl (C=O) groups is 2. The van der Waals surface area contributed by atoms with E-state index >= 15 is 0 Å². The Bertz CT molecular complexity index is 1240. The number of aliphatic hydroxyl groups is 1. The van der Waals surface area contributed by atoms with Gasteiger partial charge in [-0.15, -0.1) is 0 Å². The van der Waals surface area contributed by atoms with Crippen LogP contribution in [0.5, 0.6) is 0 Å². The van der Waals surface area contributed by atoms with Gasteiger partial charge in [0.05, 0.1) is 11.8 Å². The van der Waals surface area contributed by atoms with Crippen molar-refractivity contribution in [1.82, 2.24) is 15.2 Å². The molecular weight excluding hydrogens is 504 g/mol. The van der Waals surface area contributed by atoms with E-state index in [1.165, 1.54) is 7.05 Å². The number of nitrogens with one attached hydrogen (secondary N) is 1. The molecule has 0 bridgehead atoms. The lowest BCUT2D eigenvalue weighted by molar-refractivity contribution is -0.129. The van der Waals surface area contributed by atoms with Crippen molar-refractivity contribution in [1.29, 1.82) is 0 Å². The quantitative estimate of drug-likeness (QED) is 0.282. The lowest BCUT2D eigenvalue weighted by Gasteiger charge is -2.36. The van der Waals surface area contributed by atoms with Gasteiger partial charge in [0, 0.05) is 30.9 Å². The van der Waals surface area contributed by atoms with Gasteiger partial charge in [0.25, 0.3) is 0 Å². The molecule has 3 aromatic rings. The fraction of sp³-hybridized carbons (Fsp3) is 0.406. The number of carbonyl (C=O) groups excluding carboxylic acids is 1. The molecule has 1 heterocycles. The second-order valence-electron chi connectivity index (χ2n) is 11.6. The van der Waals surface area contributed by atoms with Crippen LogP contribution in [0, 0.1) is 12.3 Å². The summed E-state index contributed by atoms with van der Waals surface area (Å²) < 4.78 is 0. The topological polar surface area (TPSA) is 129 Å². The molecule has 0 radical (unpaired) electrons. The lowest BCUT2D eigenvalue weighted by atomic mass is 9.84. The molecule has 8 heteroatoms. The summed E-state index contributed by atoms with van der Waals surface area (Å²) >= 11 is 0. The van der Waals surface area contributed by atoms with Gasteiger partial charge in [-0.25, -0.2) is 4.79 Å². The first-order chi connectivity index (χ1) is 18.8. The number of hydrogen-bond acceptors (Lipinski definition) is 5. The molecule has 0 aliphatic rings. The van der Waals surface area contributed by atoms with E-state index in [9.17, 15) is 19.8 Å². The number of aliphatic hydroxyl groups excluding tert-OH is 1. The maximum Gasteiger partial charge on any atom is 0.407 e. The molecule has 0 spiro atoms. The Kier molecular flexibility index (Phi) is 10.4. The second kappa shape index (κ2) is 13.5. The summed E-state index contributed by atoms with van der Waals surface area (Å²) in [6, 6.07) is 19.7. The van der Waals surface area contributed by atoms with Crippen molar-refractivity contribution in [3.63, 3.8) is 0 Å². The lowest BCUT2D eigenvalue weighted by Crippen LogP contribution is -2.56. The number of aryl methyl sites for hydroxylation is 1. The molecule has 0 aliphatic carbocycles. The van der Waals surface area contributed by atoms with Crippen LogP contribution in [0.15, 0.2) is 72.9 Å². The fourth-order valence-electron chi connectivity index (χ4n) is 4.96. The van der Waals surface area contributed by atoms with Crippen LogP contribution >= 0.6 is 0 Å². The number of aromatic nitrogens is 1. The highest BCUT2D eigenvalue weighted by Gasteiger charge is 2.38. The Hall–Kier alpha value is -3.75. The number of hydrogen-bond donors (Lipinski definition) is 4. The van der Waals surface area contributed by atoms with E-state index in [-0.39, 0.29) is 6.42 Å². The number of nitrogens with two attached hydrogens (primary N) is 1. The maximum atomic E-state index is 13.5. The van der Waals surface area contributed by atoms with Gasteiger partial charge in [0.15, 0.2) is 0 Å². The first kappa shape index (κ1) is 30.8. The Morgan fingerprint density at radius 2 is 1.60 bits per heavy atom. The van der Waals surface area contributed by atoms with E-state index in [1.54, 1.807) is 0 Å². The number of amides is 2. The maximum absolute atomic E-state index is 13.5. The van der Waals surface area contributed by atoms with Crippen LogP contribution in [0.25, 0.3) is 11.3 Å². The molecule has 1 aromatic heterocycles. The van der Waals surface area contributed by atoms with Gasteiger partial charge >= 0.3 is 6.09 Å². The first-order valence-electron chi connectivity index (χ1n) is 13.6. The molecule has 5 N–H and O–H groups in total. The molecule has 0 saturated heterocycles. The molecule has 0 fully saturated rings. The summed E-state index contributed by atoms with van der Waals surface area (Å²) in [5, 5.41) is 23.7. The Morgan fingerprint density at radius 1 is 0.975 bits per heavy atom. The molecule has 4 atom stereocenters. The van der Waals surface area contributed by atoms with Gasteiger partial charge < -0.3 is 21.3 Å². The molecule has 8 nitrogen and oxygen atoms in total. The number of rotatable bonds is 11. The number of benzene rings is 2. The van der Waals surface area contributed by atoms with Crippen molar-refractivity contribution in [2.45, 2.75) is 71.2 Å². The van der Waals surface area contributed by atoms with Gasteiger partial charge in [0.1, 0.15) is 6.04 Å². The van der Waals surface area contributed by atoms with E-state index in [1.807, 2.05) is 101 Å². The fourth-order valence-corrected chi connectivity index (χ4v) is 4.96. The van der Waals surface area contributed by atoms with Crippen LogP contribution in [0.2, 0.25) is 0 Å². The molecular formula is C32H42N4O4. The summed E-state index contributed by atoms with van der Waals surface area (Å²) in [7, 11) is 1.40. The average molecular weight is 547 g/mol. The Morgan fingerprint density at radius 3 is 2.15 bits per heavy atom. The van der Waals surface area contributed by atoms with Gasteiger partial charge in [-0.05, 0) is 54.4 Å². The molecule has 0 unspecified atom stereocenters. The normalized spacial score (nSPS) is 14.6. The van der Waals surface area contributed by atoms with Crippen molar-refractivity contribution in [2.75, 3.05) is 7.05 Å². The van der Waals surface area contributed by atoms with Crippen LogP contribution in [0.3, 0.4) is 0 Å². The van der Waals surface area contributed by atoms with Crippen molar-refractivity contribution in [2.24, 2.45) is 11.1 Å². The zero-order valence-corrected chi connectivity index (χ0v) is 24.0. The summed E-state index contributed by atoms with van der Waals surface area (Å²) in [4.78, 5) is 30.8. The van der Waals surface area contributed by atoms with E-state index in [0.717, 1.165) is 32.8 Å². The number of carboxylic acid groups (broad SMARTS) is 1. The van der Waals surface area contributed by atoms with Gasteiger partial charge in [-0.1, -0.05) is 81.4 Å². The van der Waals surface area contributed by atoms with Crippen molar-refractivity contribution in [3.8, 4) is 11.3 Å². The minimum atomic E-state index is -1.18. The van der Waals surface area contributed by atoms with Crippen LogP contribution in [0.1, 0.15) is 43.9 Å². The summed E-state index contributed by atoms with van der Waals surface area (Å²) in [6.07, 6.45) is 0.913. The highest BCUT2D eigenvalue weighted by molar-refractivity contribution is 5.86. The molecule has 214 valence electrons. The number of likely N-dealkylation sites (N-methyl/N-ethyl adjacent to an activating group) is 1. The minimum Gasteiger partial charge on any atom is -0.465 e. The Labute approximate surface area is 237 Å². The van der Waals surface area contributed by atoms with Crippen LogP contribution in [0.4, 0.5) is 4.79 Å². The van der Waals surface area contributed by atoms with Crippen molar-refractivity contribution in [3.05, 3.63) is 89.6 Å². The molecule has 0 aliphatic heterocycles. The summed E-state index contributed by atoms with van der Waals surface area (Å²) in [5.74, 6) is -0.410. The zero-order valence-electron chi connectivity index (χ0n) is 24.0. The number of pyridine rings is 1. The standard InChI is InChI=1S/C32H42N4O4/c1-21-11-16-27(34-20-21)24-14-12-23(13-15-24)17-25(19-28(37)26(33)18-22-9-7-6-8-10-22)35-30(38)29(32(2,3)4)36(5)31(39)40/h6-16,20,25-26,28-29,37H,17-19,33H2,1-5H3,(H,35,38)(H,39,40)/t25-,26-,28-,29+/m0/s1. The molecule has 0 saturated carbocycles. The predicted molar refractivity (Wildman–Crippen MR) is 158 cm³/mol. The highest BCUT2D eigenvalue weighted by atomic mass is 16.4. The zero-order chi connectivity index (χ0) is 29.4. The van der Waals surface area contributed by atoms with Gasteiger partial charge in [-0.3, -0.25) is 14.7 Å². The molecule has 2 amide bonds. The van der Waals surface area contributed by atoms with Crippen LogP contribution in [-0.4, -0.2) is 63.4 Å². The second-order valence-corrected chi connectivity index (χ2v) is 11.6. The Balaban J connectivity index is 1.81. The third-order valence-corrected chi connectivity index (χ3v) is 7.08. The highest BCUT2D eigenvalue weighted by Crippen LogP contribution is 2.25. The smallest absolute Gasteiger partial charge is 0.407 e. The third-order valence-electron chi connectivity index (χ3n) is 7.08. The third kappa shape index (κ3) is 8.63. The SMILES string of the molecule is Cc1ccc(-c2ccc(C[C@@H](C[C@H](O)[C@@H](N)Cc3ccccc3)NC(=O)[C@@H](N(C)C(=O)O)C(C)(C)C)cc2)nc1. The molecule has 2 aromatic carbocycles. The van der Waals surface area contributed by atoms with E-state index < -0.39 is 41.6 Å². The van der Waals surface area contributed by atoms with Crippen molar-refractivity contribution >= 4 is 12.0 Å². The average Bonchev–Trinajstić information content (AvgIpc) is 2.89. The number of nitrogens with zero attached hydrogens (tertiary/aromatic N) is 2. The monoisotopic (exact) mass is 546 g/mol. The van der Waals surface area contributed by atoms with Crippen molar-refractivity contribution < 1.29 is 19.8 Å². The van der Waals surface area contributed by atoms with E-state index in [0.29, 0.717) is 12.8 Å². The van der Waals surface area contributed by atoms with E-state index in [4.69, 9.17) is 5.73 Å². The van der Waals surface area contributed by atoms with Crippen LogP contribution in [-0.2, 0) is 17.6 Å². The molecule has 3 rings (SSSR count). The van der Waals surface area contributed by atoms with Gasteiger partial charge in [-0.2, -0.15) is 0 Å². The largest absolute Gasteiger partial charge is 0.465 e. The summed E-state index contributed by atoms with van der Waals surface area (Å²) in [5.41, 5.74) is 10.6. The predicted octanol–water partition coefficient (Wildman–Crippen LogP) is 4.43. The van der Waals surface area contributed by atoms with Crippen LogP contribution < -0.4 is 11.1 Å². The minimum absolute atomic E-state index is 0.217.